The number of hydrogen-bond acceptors (Lipinski definition) is 7. The quantitative estimate of drug-likeness (QED) is 0.416. The molecule has 4 rings (SSSR count). The number of amides is 3. The fourth-order valence-electron chi connectivity index (χ4n) is 3.28. The third-order valence-corrected chi connectivity index (χ3v) is 6.78. The lowest BCUT2D eigenvalue weighted by Gasteiger charge is -2.23. The molecular formula is C23H24ClN5O4S. The van der Waals surface area contributed by atoms with E-state index in [1.807, 2.05) is 39.0 Å². The van der Waals surface area contributed by atoms with Gasteiger partial charge in [-0.15, -0.1) is 10.2 Å². The average Bonchev–Trinajstić information content (AvgIpc) is 3.48. The van der Waals surface area contributed by atoms with Crippen molar-refractivity contribution in [3.63, 3.8) is 0 Å². The second kappa shape index (κ2) is 10.3. The van der Waals surface area contributed by atoms with Crippen molar-refractivity contribution in [2.75, 3.05) is 17.4 Å². The molecule has 3 amide bonds. The van der Waals surface area contributed by atoms with Crippen LogP contribution in [0, 0.1) is 12.8 Å². The Bertz CT molecular complexity index is 1220. The lowest BCUT2D eigenvalue weighted by molar-refractivity contribution is -0.119. The summed E-state index contributed by atoms with van der Waals surface area (Å²) in [6.45, 7) is 5.91. The number of halogens is 1. The highest BCUT2D eigenvalue weighted by molar-refractivity contribution is 7.18. The number of aromatic nitrogens is 2. The molecule has 2 aromatic carbocycles. The topological polar surface area (TPSA) is 114 Å². The first-order chi connectivity index (χ1) is 16.3. The number of nitrogens with one attached hydrogen (secondary N) is 3. The van der Waals surface area contributed by atoms with Crippen molar-refractivity contribution < 1.29 is 19.1 Å². The van der Waals surface area contributed by atoms with Crippen molar-refractivity contribution in [1.29, 1.82) is 0 Å². The van der Waals surface area contributed by atoms with E-state index in [2.05, 4.69) is 26.1 Å². The van der Waals surface area contributed by atoms with Gasteiger partial charge in [-0.3, -0.25) is 10.1 Å². The van der Waals surface area contributed by atoms with E-state index < -0.39 is 12.1 Å². The summed E-state index contributed by atoms with van der Waals surface area (Å²) in [7, 11) is 0. The van der Waals surface area contributed by atoms with E-state index in [-0.39, 0.29) is 18.6 Å². The van der Waals surface area contributed by atoms with E-state index in [0.717, 1.165) is 11.1 Å². The Hall–Kier alpha value is -3.37. The number of urea groups is 1. The molecule has 0 fully saturated rings. The first-order valence-corrected chi connectivity index (χ1v) is 11.9. The highest BCUT2D eigenvalue weighted by Crippen LogP contribution is 2.37. The minimum atomic E-state index is -0.774. The number of carbonyl (C=O) groups is 2. The van der Waals surface area contributed by atoms with Gasteiger partial charge in [0.05, 0.1) is 0 Å². The molecule has 0 aliphatic carbocycles. The van der Waals surface area contributed by atoms with Crippen LogP contribution in [0.4, 0.5) is 15.6 Å². The summed E-state index contributed by atoms with van der Waals surface area (Å²) in [5, 5.41) is 18.0. The monoisotopic (exact) mass is 501 g/mol. The highest BCUT2D eigenvalue weighted by Gasteiger charge is 2.27. The minimum Gasteiger partial charge on any atom is -0.454 e. The average molecular weight is 502 g/mol. The molecule has 11 heteroatoms. The molecule has 0 bridgehead atoms. The Morgan fingerprint density at radius 1 is 1.12 bits per heavy atom. The largest absolute Gasteiger partial charge is 0.454 e. The van der Waals surface area contributed by atoms with Gasteiger partial charge in [-0.25, -0.2) is 4.79 Å². The molecule has 0 radical (unpaired) electrons. The molecule has 3 aromatic rings. The van der Waals surface area contributed by atoms with Gasteiger partial charge in [0, 0.05) is 16.3 Å². The Labute approximate surface area is 205 Å². The van der Waals surface area contributed by atoms with Crippen LogP contribution < -0.4 is 25.4 Å². The third-order valence-electron chi connectivity index (χ3n) is 5.49. The normalized spacial score (nSPS) is 13.8. The number of carbonyl (C=O) groups excluding carboxylic acids is 2. The van der Waals surface area contributed by atoms with Gasteiger partial charge in [0.25, 0.3) is 0 Å². The summed E-state index contributed by atoms with van der Waals surface area (Å²) in [6.07, 6.45) is 0.688. The molecule has 2 heterocycles. The molecule has 178 valence electrons. The predicted molar refractivity (Wildman–Crippen MR) is 132 cm³/mol. The molecule has 3 N–H and O–H groups in total. The maximum Gasteiger partial charge on any atom is 0.319 e. The second-order valence-electron chi connectivity index (χ2n) is 7.90. The lowest BCUT2D eigenvalue weighted by Crippen LogP contribution is -2.49. The van der Waals surface area contributed by atoms with E-state index in [1.165, 1.54) is 11.3 Å². The number of benzene rings is 2. The van der Waals surface area contributed by atoms with Crippen molar-refractivity contribution in [3.8, 4) is 22.1 Å². The standard InChI is InChI=1S/C23H24ClN5O4S/c1-4-12(2)19(26-22(31)25-15-7-5-13(3)16(24)10-15)20(30)27-23-29-28-21(34-23)14-6-8-17-18(9-14)33-11-32-17/h5-10,12,19H,4,11H2,1-3H3,(H2,25,26,31)(H,27,29,30). The number of hydrogen-bond donors (Lipinski definition) is 3. The van der Waals surface area contributed by atoms with E-state index in [1.54, 1.807) is 18.2 Å². The van der Waals surface area contributed by atoms with E-state index in [9.17, 15) is 9.59 Å². The minimum absolute atomic E-state index is 0.117. The van der Waals surface area contributed by atoms with Gasteiger partial charge in [0.1, 0.15) is 11.0 Å². The Morgan fingerprint density at radius 2 is 1.91 bits per heavy atom. The van der Waals surface area contributed by atoms with Gasteiger partial charge in [-0.1, -0.05) is 49.3 Å². The van der Waals surface area contributed by atoms with Crippen LogP contribution in [-0.4, -0.2) is 35.0 Å². The third kappa shape index (κ3) is 5.40. The fraction of sp³-hybridized carbons (Fsp3) is 0.304. The summed E-state index contributed by atoms with van der Waals surface area (Å²) in [4.78, 5) is 25.6. The SMILES string of the molecule is CCC(C)C(NC(=O)Nc1ccc(C)c(Cl)c1)C(=O)Nc1nnc(-c2ccc3c(c2)OCO3)s1. The molecule has 0 saturated heterocycles. The van der Waals surface area contributed by atoms with Gasteiger partial charge >= 0.3 is 6.03 Å². The molecule has 9 nitrogen and oxygen atoms in total. The van der Waals surface area contributed by atoms with Crippen molar-refractivity contribution in [2.24, 2.45) is 5.92 Å². The zero-order valence-corrected chi connectivity index (χ0v) is 20.4. The van der Waals surface area contributed by atoms with Gasteiger partial charge in [-0.05, 0) is 48.7 Å². The van der Waals surface area contributed by atoms with Crippen LogP contribution in [0.1, 0.15) is 25.8 Å². The summed E-state index contributed by atoms with van der Waals surface area (Å²) in [5.41, 5.74) is 2.24. The van der Waals surface area contributed by atoms with Crippen LogP contribution in [0.25, 0.3) is 10.6 Å². The van der Waals surface area contributed by atoms with Crippen LogP contribution in [0.5, 0.6) is 11.5 Å². The fourth-order valence-corrected chi connectivity index (χ4v) is 4.21. The maximum absolute atomic E-state index is 13.0. The Morgan fingerprint density at radius 3 is 2.68 bits per heavy atom. The van der Waals surface area contributed by atoms with Crippen molar-refractivity contribution in [3.05, 3.63) is 47.0 Å². The number of aryl methyl sites for hydroxylation is 1. The van der Waals surface area contributed by atoms with E-state index in [0.29, 0.717) is 38.8 Å². The lowest BCUT2D eigenvalue weighted by atomic mass is 9.98. The van der Waals surface area contributed by atoms with Crippen LogP contribution >= 0.6 is 22.9 Å². The molecule has 2 unspecified atom stereocenters. The number of anilines is 2. The summed E-state index contributed by atoms with van der Waals surface area (Å²) < 4.78 is 10.7. The smallest absolute Gasteiger partial charge is 0.319 e. The molecule has 34 heavy (non-hydrogen) atoms. The number of fused-ring (bicyclic) bond motifs is 1. The van der Waals surface area contributed by atoms with E-state index >= 15 is 0 Å². The molecule has 1 aromatic heterocycles. The predicted octanol–water partition coefficient (Wildman–Crippen LogP) is 5.07. The van der Waals surface area contributed by atoms with Crippen molar-refractivity contribution in [1.82, 2.24) is 15.5 Å². The van der Waals surface area contributed by atoms with Crippen LogP contribution in [0.15, 0.2) is 36.4 Å². The summed E-state index contributed by atoms with van der Waals surface area (Å²) >= 11 is 7.36. The number of ether oxygens (including phenoxy) is 2. The zero-order valence-electron chi connectivity index (χ0n) is 18.8. The zero-order chi connectivity index (χ0) is 24.2. The van der Waals surface area contributed by atoms with Gasteiger partial charge in [-0.2, -0.15) is 0 Å². The van der Waals surface area contributed by atoms with Crippen molar-refractivity contribution >= 4 is 45.7 Å². The summed E-state index contributed by atoms with van der Waals surface area (Å²) in [5.74, 6) is 0.823. The first-order valence-electron chi connectivity index (χ1n) is 10.7. The maximum atomic E-state index is 13.0. The molecule has 1 aliphatic rings. The van der Waals surface area contributed by atoms with Crippen LogP contribution in [0.3, 0.4) is 0 Å². The highest BCUT2D eigenvalue weighted by atomic mass is 35.5. The Balaban J connectivity index is 1.42. The molecular weight excluding hydrogens is 478 g/mol. The van der Waals surface area contributed by atoms with Crippen molar-refractivity contribution in [2.45, 2.75) is 33.2 Å². The second-order valence-corrected chi connectivity index (χ2v) is 9.28. The van der Waals surface area contributed by atoms with Gasteiger partial charge in [0.2, 0.25) is 17.8 Å². The number of rotatable bonds is 7. The van der Waals surface area contributed by atoms with Gasteiger partial charge in [0.15, 0.2) is 11.5 Å². The molecule has 0 saturated carbocycles. The number of nitrogens with zero attached hydrogens (tertiary/aromatic N) is 2. The molecule has 2 atom stereocenters. The summed E-state index contributed by atoms with van der Waals surface area (Å²) in [6, 6.07) is 9.42. The first kappa shape index (κ1) is 23.8. The van der Waals surface area contributed by atoms with Crippen LogP contribution in [0.2, 0.25) is 5.02 Å². The Kier molecular flexibility index (Phi) is 7.18. The molecule has 1 aliphatic heterocycles. The van der Waals surface area contributed by atoms with Gasteiger partial charge < -0.3 is 20.1 Å². The molecule has 0 spiro atoms. The van der Waals surface area contributed by atoms with Crippen LogP contribution in [-0.2, 0) is 4.79 Å². The van der Waals surface area contributed by atoms with E-state index in [4.69, 9.17) is 21.1 Å².